The molecule has 0 aliphatic carbocycles. The standard InChI is InChI=1S/C28H50N2O/c1-4-6-7-8-9-10-11-12-13-14-16-25(15-5-2)30-26-17-18-28(24(3)23-26)31-27-19-21-29-22-20-27/h17-18,23,25,27,29-30H,4-16,19-22H2,1-3H3. The van der Waals surface area contributed by atoms with E-state index in [1.807, 2.05) is 0 Å². The third-order valence-electron chi connectivity index (χ3n) is 6.67. The van der Waals surface area contributed by atoms with Crippen LogP contribution < -0.4 is 15.4 Å². The zero-order valence-corrected chi connectivity index (χ0v) is 20.8. The van der Waals surface area contributed by atoms with Gasteiger partial charge < -0.3 is 15.4 Å². The van der Waals surface area contributed by atoms with E-state index in [1.54, 1.807) is 0 Å². The molecule has 0 radical (unpaired) electrons. The molecule has 1 saturated heterocycles. The van der Waals surface area contributed by atoms with Gasteiger partial charge in [-0.3, -0.25) is 0 Å². The van der Waals surface area contributed by atoms with Crippen LogP contribution in [0, 0.1) is 6.92 Å². The summed E-state index contributed by atoms with van der Waals surface area (Å²) in [6.45, 7) is 8.91. The maximum atomic E-state index is 6.26. The first-order valence-electron chi connectivity index (χ1n) is 13.5. The van der Waals surface area contributed by atoms with Crippen molar-refractivity contribution in [2.75, 3.05) is 18.4 Å². The topological polar surface area (TPSA) is 33.3 Å². The van der Waals surface area contributed by atoms with Crippen LogP contribution in [-0.2, 0) is 0 Å². The number of hydrogen-bond donors (Lipinski definition) is 2. The Morgan fingerprint density at radius 1 is 0.871 bits per heavy atom. The van der Waals surface area contributed by atoms with E-state index in [1.165, 1.54) is 94.7 Å². The minimum atomic E-state index is 0.364. The molecular weight excluding hydrogens is 380 g/mol. The SMILES string of the molecule is CCCCCCCCCCCCC(CCC)Nc1ccc(OC2CCNCC2)c(C)c1. The second-order valence-electron chi connectivity index (χ2n) is 9.65. The Bertz CT molecular complexity index is 568. The number of aryl methyl sites for hydroxylation is 1. The van der Waals surface area contributed by atoms with Crippen molar-refractivity contribution < 1.29 is 4.74 Å². The van der Waals surface area contributed by atoms with Gasteiger partial charge in [0.15, 0.2) is 0 Å². The first-order chi connectivity index (χ1) is 15.2. The van der Waals surface area contributed by atoms with E-state index >= 15 is 0 Å². The molecule has 178 valence electrons. The van der Waals surface area contributed by atoms with Crippen LogP contribution in [0.25, 0.3) is 0 Å². The molecule has 1 atom stereocenters. The third-order valence-corrected chi connectivity index (χ3v) is 6.67. The molecule has 1 aromatic carbocycles. The van der Waals surface area contributed by atoms with Crippen molar-refractivity contribution in [1.29, 1.82) is 0 Å². The zero-order chi connectivity index (χ0) is 22.2. The molecule has 1 aliphatic heterocycles. The Hall–Kier alpha value is -1.22. The van der Waals surface area contributed by atoms with E-state index in [9.17, 15) is 0 Å². The summed E-state index contributed by atoms with van der Waals surface area (Å²) in [6.07, 6.45) is 20.5. The summed E-state index contributed by atoms with van der Waals surface area (Å²) in [7, 11) is 0. The number of nitrogens with one attached hydrogen (secondary N) is 2. The molecule has 1 heterocycles. The molecular formula is C28H50N2O. The van der Waals surface area contributed by atoms with Crippen LogP contribution in [-0.4, -0.2) is 25.2 Å². The van der Waals surface area contributed by atoms with E-state index in [4.69, 9.17) is 4.74 Å². The highest BCUT2D eigenvalue weighted by Gasteiger charge is 2.16. The average molecular weight is 431 g/mol. The van der Waals surface area contributed by atoms with Crippen LogP contribution in [0.5, 0.6) is 5.75 Å². The number of rotatable bonds is 17. The van der Waals surface area contributed by atoms with E-state index < -0.39 is 0 Å². The molecule has 0 amide bonds. The van der Waals surface area contributed by atoms with Crippen molar-refractivity contribution in [2.45, 2.75) is 129 Å². The van der Waals surface area contributed by atoms with E-state index in [2.05, 4.69) is 49.6 Å². The zero-order valence-electron chi connectivity index (χ0n) is 20.8. The van der Waals surface area contributed by atoms with Gasteiger partial charge in [-0.2, -0.15) is 0 Å². The molecule has 1 fully saturated rings. The smallest absolute Gasteiger partial charge is 0.122 e. The summed E-state index contributed by atoms with van der Waals surface area (Å²) in [6, 6.07) is 7.25. The van der Waals surface area contributed by atoms with Gasteiger partial charge in [0.1, 0.15) is 11.9 Å². The van der Waals surface area contributed by atoms with Crippen molar-refractivity contribution in [3.05, 3.63) is 23.8 Å². The average Bonchev–Trinajstić information content (AvgIpc) is 2.78. The first-order valence-corrected chi connectivity index (χ1v) is 13.5. The normalized spacial score (nSPS) is 15.7. The second kappa shape index (κ2) is 16.4. The molecule has 1 aliphatic rings. The predicted octanol–water partition coefficient (Wildman–Crippen LogP) is 8.02. The van der Waals surface area contributed by atoms with Crippen LogP contribution in [0.1, 0.15) is 116 Å². The van der Waals surface area contributed by atoms with Crippen LogP contribution in [0.2, 0.25) is 0 Å². The molecule has 1 aromatic rings. The highest BCUT2D eigenvalue weighted by molar-refractivity contribution is 5.51. The molecule has 31 heavy (non-hydrogen) atoms. The first kappa shape index (κ1) is 26.0. The Kier molecular flexibility index (Phi) is 13.8. The monoisotopic (exact) mass is 430 g/mol. The molecule has 3 heteroatoms. The van der Waals surface area contributed by atoms with Gasteiger partial charge in [0, 0.05) is 11.7 Å². The number of hydrogen-bond acceptors (Lipinski definition) is 3. The maximum absolute atomic E-state index is 6.26. The molecule has 0 spiro atoms. The van der Waals surface area contributed by atoms with Gasteiger partial charge in [0.25, 0.3) is 0 Å². The highest BCUT2D eigenvalue weighted by Crippen LogP contribution is 2.26. The summed E-state index contributed by atoms with van der Waals surface area (Å²) in [5.74, 6) is 1.05. The van der Waals surface area contributed by atoms with Crippen LogP contribution >= 0.6 is 0 Å². The molecule has 0 aromatic heterocycles. The van der Waals surface area contributed by atoms with Gasteiger partial charge in [-0.05, 0) is 69.5 Å². The third kappa shape index (κ3) is 11.3. The summed E-state index contributed by atoms with van der Waals surface area (Å²) < 4.78 is 6.26. The van der Waals surface area contributed by atoms with E-state index in [-0.39, 0.29) is 0 Å². The Balaban J connectivity index is 1.66. The van der Waals surface area contributed by atoms with Crippen LogP contribution in [0.3, 0.4) is 0 Å². The molecule has 0 bridgehead atoms. The van der Waals surface area contributed by atoms with Gasteiger partial charge in [-0.25, -0.2) is 0 Å². The summed E-state index contributed by atoms with van der Waals surface area (Å²) in [5.41, 5.74) is 2.50. The fraction of sp³-hybridized carbons (Fsp3) is 0.786. The summed E-state index contributed by atoms with van der Waals surface area (Å²) in [4.78, 5) is 0. The quantitative estimate of drug-likeness (QED) is 0.245. The predicted molar refractivity (Wildman–Crippen MR) is 136 cm³/mol. The molecule has 2 rings (SSSR count). The van der Waals surface area contributed by atoms with Gasteiger partial charge in [0.05, 0.1) is 0 Å². The molecule has 2 N–H and O–H groups in total. The Labute approximate surface area is 193 Å². The lowest BCUT2D eigenvalue weighted by molar-refractivity contribution is 0.161. The lowest BCUT2D eigenvalue weighted by atomic mass is 10.0. The highest BCUT2D eigenvalue weighted by atomic mass is 16.5. The fourth-order valence-corrected chi connectivity index (χ4v) is 4.72. The number of piperidine rings is 1. The van der Waals surface area contributed by atoms with Gasteiger partial charge in [0.2, 0.25) is 0 Å². The number of benzene rings is 1. The molecule has 3 nitrogen and oxygen atoms in total. The lowest BCUT2D eigenvalue weighted by Gasteiger charge is -2.25. The summed E-state index contributed by atoms with van der Waals surface area (Å²) in [5, 5.41) is 7.22. The van der Waals surface area contributed by atoms with E-state index in [0.29, 0.717) is 12.1 Å². The maximum Gasteiger partial charge on any atom is 0.122 e. The number of ether oxygens (including phenoxy) is 1. The van der Waals surface area contributed by atoms with Crippen molar-refractivity contribution in [3.63, 3.8) is 0 Å². The minimum Gasteiger partial charge on any atom is -0.490 e. The summed E-state index contributed by atoms with van der Waals surface area (Å²) >= 11 is 0. The largest absolute Gasteiger partial charge is 0.490 e. The van der Waals surface area contributed by atoms with Gasteiger partial charge >= 0.3 is 0 Å². The fourth-order valence-electron chi connectivity index (χ4n) is 4.72. The number of unbranched alkanes of at least 4 members (excludes halogenated alkanes) is 9. The van der Waals surface area contributed by atoms with E-state index in [0.717, 1.165) is 31.7 Å². The van der Waals surface area contributed by atoms with Crippen molar-refractivity contribution in [1.82, 2.24) is 5.32 Å². The van der Waals surface area contributed by atoms with Gasteiger partial charge in [-0.1, -0.05) is 84.5 Å². The van der Waals surface area contributed by atoms with Crippen molar-refractivity contribution in [3.8, 4) is 5.75 Å². The Morgan fingerprint density at radius 3 is 2.13 bits per heavy atom. The Morgan fingerprint density at radius 2 is 1.52 bits per heavy atom. The second-order valence-corrected chi connectivity index (χ2v) is 9.65. The van der Waals surface area contributed by atoms with Gasteiger partial charge in [-0.15, -0.1) is 0 Å². The van der Waals surface area contributed by atoms with Crippen LogP contribution in [0.15, 0.2) is 18.2 Å². The molecule has 1 unspecified atom stereocenters. The minimum absolute atomic E-state index is 0.364. The molecule has 0 saturated carbocycles. The van der Waals surface area contributed by atoms with Crippen LogP contribution in [0.4, 0.5) is 5.69 Å². The van der Waals surface area contributed by atoms with Crippen molar-refractivity contribution in [2.24, 2.45) is 0 Å². The lowest BCUT2D eigenvalue weighted by Crippen LogP contribution is -2.34. The number of anilines is 1. The van der Waals surface area contributed by atoms with Crippen molar-refractivity contribution >= 4 is 5.69 Å².